The maximum Gasteiger partial charge on any atom is 0.407 e. The number of nitrogens with one attached hydrogen (secondary N) is 1. The smallest absolute Gasteiger partial charge is 0.407 e. The van der Waals surface area contributed by atoms with Crippen LogP contribution in [0.15, 0.2) is 43.0 Å². The van der Waals surface area contributed by atoms with Crippen molar-refractivity contribution in [3.63, 3.8) is 0 Å². The SMILES string of the molecule is C=C[C@H](CC)[C@H](O)CNC(=O)OCc1ccccc1. The Balaban J connectivity index is 2.26. The van der Waals surface area contributed by atoms with Crippen molar-refractivity contribution < 1.29 is 14.6 Å². The molecule has 0 saturated carbocycles. The zero-order valence-electron chi connectivity index (χ0n) is 11.2. The van der Waals surface area contributed by atoms with Crippen LogP contribution in [-0.2, 0) is 11.3 Å². The maximum absolute atomic E-state index is 11.4. The van der Waals surface area contributed by atoms with Crippen LogP contribution in [0.1, 0.15) is 18.9 Å². The lowest BCUT2D eigenvalue weighted by atomic mass is 10.00. The Kier molecular flexibility index (Phi) is 6.68. The normalized spacial score (nSPS) is 13.4. The van der Waals surface area contributed by atoms with Crippen LogP contribution in [0.4, 0.5) is 4.79 Å². The van der Waals surface area contributed by atoms with Gasteiger partial charge in [0.05, 0.1) is 6.10 Å². The second kappa shape index (κ2) is 8.32. The van der Waals surface area contributed by atoms with Gasteiger partial charge in [-0.05, 0) is 12.0 Å². The summed E-state index contributed by atoms with van der Waals surface area (Å²) in [5.41, 5.74) is 0.927. The van der Waals surface area contributed by atoms with Gasteiger partial charge in [-0.1, -0.05) is 43.3 Å². The average molecular weight is 263 g/mol. The second-order valence-corrected chi connectivity index (χ2v) is 4.32. The topological polar surface area (TPSA) is 58.6 Å². The molecule has 0 aliphatic heterocycles. The fourth-order valence-electron chi connectivity index (χ4n) is 1.71. The van der Waals surface area contributed by atoms with E-state index >= 15 is 0 Å². The van der Waals surface area contributed by atoms with Gasteiger partial charge < -0.3 is 15.2 Å². The van der Waals surface area contributed by atoms with E-state index in [2.05, 4.69) is 11.9 Å². The van der Waals surface area contributed by atoms with Crippen molar-refractivity contribution in [3.8, 4) is 0 Å². The third kappa shape index (κ3) is 5.57. The molecule has 19 heavy (non-hydrogen) atoms. The Bertz CT molecular complexity index is 392. The summed E-state index contributed by atoms with van der Waals surface area (Å²) in [6.45, 7) is 6.00. The number of alkyl carbamates (subject to hydrolysis) is 1. The van der Waals surface area contributed by atoms with E-state index in [-0.39, 0.29) is 19.1 Å². The van der Waals surface area contributed by atoms with E-state index in [1.807, 2.05) is 37.3 Å². The van der Waals surface area contributed by atoms with Crippen LogP contribution in [0.5, 0.6) is 0 Å². The summed E-state index contributed by atoms with van der Waals surface area (Å²) in [6, 6.07) is 9.44. The third-order valence-electron chi connectivity index (χ3n) is 2.94. The van der Waals surface area contributed by atoms with Gasteiger partial charge in [0.15, 0.2) is 0 Å². The summed E-state index contributed by atoms with van der Waals surface area (Å²) in [4.78, 5) is 11.4. The van der Waals surface area contributed by atoms with Crippen LogP contribution in [-0.4, -0.2) is 23.8 Å². The molecule has 0 heterocycles. The molecule has 4 heteroatoms. The number of carbonyl (C=O) groups is 1. The molecule has 4 nitrogen and oxygen atoms in total. The molecule has 0 saturated heterocycles. The summed E-state index contributed by atoms with van der Waals surface area (Å²) in [7, 11) is 0. The van der Waals surface area contributed by atoms with Gasteiger partial charge in [0, 0.05) is 12.5 Å². The van der Waals surface area contributed by atoms with Crippen molar-refractivity contribution in [2.75, 3.05) is 6.54 Å². The molecule has 0 aliphatic carbocycles. The van der Waals surface area contributed by atoms with E-state index in [1.54, 1.807) is 6.08 Å². The molecule has 0 aliphatic rings. The third-order valence-corrected chi connectivity index (χ3v) is 2.94. The zero-order chi connectivity index (χ0) is 14.1. The van der Waals surface area contributed by atoms with Crippen LogP contribution >= 0.6 is 0 Å². The predicted molar refractivity (Wildman–Crippen MR) is 74.6 cm³/mol. The molecule has 0 radical (unpaired) electrons. The minimum Gasteiger partial charge on any atom is -0.445 e. The molecule has 0 fully saturated rings. The van der Waals surface area contributed by atoms with Crippen molar-refractivity contribution in [2.45, 2.75) is 26.1 Å². The molecule has 2 N–H and O–H groups in total. The number of hydrogen-bond acceptors (Lipinski definition) is 3. The Morgan fingerprint density at radius 3 is 2.74 bits per heavy atom. The second-order valence-electron chi connectivity index (χ2n) is 4.32. The molecule has 104 valence electrons. The van der Waals surface area contributed by atoms with Crippen molar-refractivity contribution in [1.82, 2.24) is 5.32 Å². The number of ether oxygens (including phenoxy) is 1. The summed E-state index contributed by atoms with van der Waals surface area (Å²) in [6.07, 6.45) is 1.32. The summed E-state index contributed by atoms with van der Waals surface area (Å²) >= 11 is 0. The van der Waals surface area contributed by atoms with Gasteiger partial charge in [-0.15, -0.1) is 6.58 Å². The average Bonchev–Trinajstić information content (AvgIpc) is 2.45. The molecule has 0 bridgehead atoms. The molecule has 1 amide bonds. The number of carbonyl (C=O) groups excluding carboxylic acids is 1. The number of rotatable bonds is 7. The van der Waals surface area contributed by atoms with Crippen molar-refractivity contribution in [1.29, 1.82) is 0 Å². The highest BCUT2D eigenvalue weighted by atomic mass is 16.5. The Labute approximate surface area is 114 Å². The first-order chi connectivity index (χ1) is 9.17. The number of aliphatic hydroxyl groups excluding tert-OH is 1. The molecule has 1 aromatic rings. The fraction of sp³-hybridized carbons (Fsp3) is 0.400. The largest absolute Gasteiger partial charge is 0.445 e. The van der Waals surface area contributed by atoms with E-state index in [0.717, 1.165) is 12.0 Å². The predicted octanol–water partition coefficient (Wildman–Crippen LogP) is 2.49. The Hall–Kier alpha value is -1.81. The molecule has 1 rings (SSSR count). The van der Waals surface area contributed by atoms with Crippen LogP contribution in [0.2, 0.25) is 0 Å². The summed E-state index contributed by atoms with van der Waals surface area (Å²) < 4.78 is 5.04. The molecular weight excluding hydrogens is 242 g/mol. The lowest BCUT2D eigenvalue weighted by Crippen LogP contribution is -2.35. The molecule has 0 spiro atoms. The van der Waals surface area contributed by atoms with Gasteiger partial charge in [-0.3, -0.25) is 0 Å². The highest BCUT2D eigenvalue weighted by molar-refractivity contribution is 5.67. The standard InChI is InChI=1S/C15H21NO3/c1-3-13(4-2)14(17)10-16-15(18)19-11-12-8-6-5-7-9-12/h3,5-9,13-14,17H,1,4,10-11H2,2H3,(H,16,18)/t13-,14-/m1/s1. The molecular formula is C15H21NO3. The van der Waals surface area contributed by atoms with Crippen molar-refractivity contribution in [2.24, 2.45) is 5.92 Å². The van der Waals surface area contributed by atoms with E-state index < -0.39 is 12.2 Å². The lowest BCUT2D eigenvalue weighted by molar-refractivity contribution is 0.108. The van der Waals surface area contributed by atoms with Crippen LogP contribution in [0.25, 0.3) is 0 Å². The number of aliphatic hydroxyl groups is 1. The van der Waals surface area contributed by atoms with Crippen LogP contribution in [0, 0.1) is 5.92 Å². The lowest BCUT2D eigenvalue weighted by Gasteiger charge is -2.18. The Morgan fingerprint density at radius 1 is 1.47 bits per heavy atom. The zero-order valence-corrected chi connectivity index (χ0v) is 11.2. The first kappa shape index (κ1) is 15.2. The first-order valence-electron chi connectivity index (χ1n) is 6.42. The van der Waals surface area contributed by atoms with Gasteiger partial charge in [0.1, 0.15) is 6.61 Å². The first-order valence-corrected chi connectivity index (χ1v) is 6.42. The summed E-state index contributed by atoms with van der Waals surface area (Å²) in [5.74, 6) is -0.0191. The van der Waals surface area contributed by atoms with E-state index in [1.165, 1.54) is 0 Å². The molecule has 1 aromatic carbocycles. The maximum atomic E-state index is 11.4. The van der Waals surface area contributed by atoms with Gasteiger partial charge in [-0.2, -0.15) is 0 Å². The summed E-state index contributed by atoms with van der Waals surface area (Å²) in [5, 5.41) is 12.3. The van der Waals surface area contributed by atoms with E-state index in [0.29, 0.717) is 0 Å². The highest BCUT2D eigenvalue weighted by Gasteiger charge is 2.15. The van der Waals surface area contributed by atoms with Gasteiger partial charge in [0.2, 0.25) is 0 Å². The van der Waals surface area contributed by atoms with Crippen LogP contribution in [0.3, 0.4) is 0 Å². The van der Waals surface area contributed by atoms with E-state index in [4.69, 9.17) is 4.74 Å². The minimum absolute atomic E-state index is 0.0191. The molecule has 2 atom stereocenters. The molecule has 0 aromatic heterocycles. The monoisotopic (exact) mass is 263 g/mol. The van der Waals surface area contributed by atoms with Crippen molar-refractivity contribution >= 4 is 6.09 Å². The Morgan fingerprint density at radius 2 is 2.16 bits per heavy atom. The quantitative estimate of drug-likeness (QED) is 0.743. The number of hydrogen-bond donors (Lipinski definition) is 2. The highest BCUT2D eigenvalue weighted by Crippen LogP contribution is 2.09. The van der Waals surface area contributed by atoms with E-state index in [9.17, 15) is 9.90 Å². The number of benzene rings is 1. The minimum atomic E-state index is -0.633. The van der Waals surface area contributed by atoms with Gasteiger partial charge in [0.25, 0.3) is 0 Å². The fourth-order valence-corrected chi connectivity index (χ4v) is 1.71. The number of amides is 1. The van der Waals surface area contributed by atoms with Gasteiger partial charge >= 0.3 is 6.09 Å². The molecule has 0 unspecified atom stereocenters. The van der Waals surface area contributed by atoms with Crippen molar-refractivity contribution in [3.05, 3.63) is 48.6 Å². The van der Waals surface area contributed by atoms with Gasteiger partial charge in [-0.25, -0.2) is 4.79 Å². The van der Waals surface area contributed by atoms with Crippen LogP contribution < -0.4 is 5.32 Å².